The van der Waals surface area contributed by atoms with Crippen molar-refractivity contribution in [3.63, 3.8) is 0 Å². The molecule has 1 aromatic carbocycles. The van der Waals surface area contributed by atoms with E-state index in [-0.39, 0.29) is 0 Å². The largest absolute Gasteiger partial charge is 0.416 e. The number of hydrogen-bond donors (Lipinski definition) is 0. The van der Waals surface area contributed by atoms with Crippen LogP contribution in [0.5, 0.6) is 0 Å². The molecule has 6 heteroatoms. The SMILES string of the molecule is FC(F)(F)c1cccc(-n2cnc(Br)c2)c1. The third-order valence-corrected chi connectivity index (χ3v) is 2.43. The predicted molar refractivity (Wildman–Crippen MR) is 56.3 cm³/mol. The quantitative estimate of drug-likeness (QED) is 0.784. The number of nitrogens with zero attached hydrogens (tertiary/aromatic N) is 2. The highest BCUT2D eigenvalue weighted by molar-refractivity contribution is 9.10. The lowest BCUT2D eigenvalue weighted by molar-refractivity contribution is -0.137. The van der Waals surface area contributed by atoms with E-state index in [2.05, 4.69) is 20.9 Å². The molecule has 84 valence electrons. The Bertz CT molecular complexity index is 505. The van der Waals surface area contributed by atoms with Gasteiger partial charge in [0.05, 0.1) is 5.56 Å². The smallest absolute Gasteiger partial charge is 0.305 e. The lowest BCUT2D eigenvalue weighted by atomic mass is 10.2. The summed E-state index contributed by atoms with van der Waals surface area (Å²) < 4.78 is 39.5. The van der Waals surface area contributed by atoms with Crippen LogP contribution in [0.4, 0.5) is 13.2 Å². The first kappa shape index (κ1) is 11.2. The molecule has 0 saturated carbocycles. The van der Waals surface area contributed by atoms with E-state index in [9.17, 15) is 13.2 Å². The lowest BCUT2D eigenvalue weighted by Gasteiger charge is -2.08. The Hall–Kier alpha value is -1.30. The van der Waals surface area contributed by atoms with Crippen LogP contribution in [0.1, 0.15) is 5.56 Å². The van der Waals surface area contributed by atoms with Crippen molar-refractivity contribution >= 4 is 15.9 Å². The van der Waals surface area contributed by atoms with Gasteiger partial charge in [0.15, 0.2) is 0 Å². The normalized spacial score (nSPS) is 11.8. The van der Waals surface area contributed by atoms with E-state index in [0.717, 1.165) is 12.1 Å². The molecular formula is C10H6BrF3N2. The van der Waals surface area contributed by atoms with Crippen LogP contribution in [0.25, 0.3) is 5.69 Å². The Morgan fingerprint density at radius 2 is 2.00 bits per heavy atom. The molecule has 0 atom stereocenters. The van der Waals surface area contributed by atoms with Crippen LogP contribution in [0.15, 0.2) is 41.4 Å². The van der Waals surface area contributed by atoms with Crippen LogP contribution in [-0.2, 0) is 6.18 Å². The summed E-state index contributed by atoms with van der Waals surface area (Å²) in [5, 5.41) is 0. The Labute approximate surface area is 97.9 Å². The fraction of sp³-hybridized carbons (Fsp3) is 0.100. The maximum atomic E-state index is 12.5. The van der Waals surface area contributed by atoms with E-state index in [1.807, 2.05) is 0 Å². The Morgan fingerprint density at radius 3 is 2.56 bits per heavy atom. The topological polar surface area (TPSA) is 17.8 Å². The zero-order valence-electron chi connectivity index (χ0n) is 7.87. The van der Waals surface area contributed by atoms with Crippen molar-refractivity contribution in [2.24, 2.45) is 0 Å². The van der Waals surface area contributed by atoms with Gasteiger partial charge in [0.25, 0.3) is 0 Å². The highest BCUT2D eigenvalue weighted by atomic mass is 79.9. The van der Waals surface area contributed by atoms with Gasteiger partial charge < -0.3 is 4.57 Å². The first-order valence-electron chi connectivity index (χ1n) is 4.34. The molecule has 0 aliphatic carbocycles. The molecule has 0 saturated heterocycles. The van der Waals surface area contributed by atoms with Crippen LogP contribution in [-0.4, -0.2) is 9.55 Å². The van der Waals surface area contributed by atoms with Crippen molar-refractivity contribution in [3.8, 4) is 5.69 Å². The molecule has 0 unspecified atom stereocenters. The molecule has 1 aromatic heterocycles. The number of benzene rings is 1. The minimum Gasteiger partial charge on any atom is -0.305 e. The maximum Gasteiger partial charge on any atom is 0.416 e. The third kappa shape index (κ3) is 2.27. The molecular weight excluding hydrogens is 285 g/mol. The van der Waals surface area contributed by atoms with E-state index in [1.165, 1.54) is 17.0 Å². The molecule has 0 amide bonds. The summed E-state index contributed by atoms with van der Waals surface area (Å²) in [6, 6.07) is 5.07. The first-order valence-corrected chi connectivity index (χ1v) is 5.13. The second-order valence-electron chi connectivity index (χ2n) is 3.15. The fourth-order valence-corrected chi connectivity index (χ4v) is 1.59. The van der Waals surface area contributed by atoms with Gasteiger partial charge in [0.1, 0.15) is 10.9 Å². The Kier molecular flexibility index (Phi) is 2.75. The second-order valence-corrected chi connectivity index (χ2v) is 3.96. The maximum absolute atomic E-state index is 12.5. The minimum absolute atomic E-state index is 0.424. The number of halogens is 4. The van der Waals surface area contributed by atoms with Gasteiger partial charge in [0, 0.05) is 11.9 Å². The molecule has 0 bridgehead atoms. The Morgan fingerprint density at radius 1 is 1.25 bits per heavy atom. The summed E-state index contributed by atoms with van der Waals surface area (Å²) >= 11 is 3.13. The van der Waals surface area contributed by atoms with E-state index in [4.69, 9.17) is 0 Å². The zero-order valence-corrected chi connectivity index (χ0v) is 9.46. The first-order chi connectivity index (χ1) is 7.47. The standard InChI is InChI=1S/C10H6BrF3N2/c11-9-5-16(6-15-9)8-3-1-2-7(4-8)10(12,13)14/h1-6H. The number of rotatable bonds is 1. The molecule has 0 fully saturated rings. The molecule has 2 aromatic rings. The number of imidazole rings is 1. The molecule has 0 radical (unpaired) electrons. The Balaban J connectivity index is 2.44. The zero-order chi connectivity index (χ0) is 11.8. The van der Waals surface area contributed by atoms with Gasteiger partial charge in [-0.25, -0.2) is 4.98 Å². The fourth-order valence-electron chi connectivity index (χ4n) is 1.28. The molecule has 0 aliphatic heterocycles. The molecule has 16 heavy (non-hydrogen) atoms. The molecule has 0 aliphatic rings. The van der Waals surface area contributed by atoms with Gasteiger partial charge in [-0.3, -0.25) is 0 Å². The highest BCUT2D eigenvalue weighted by Gasteiger charge is 2.30. The summed E-state index contributed by atoms with van der Waals surface area (Å²) in [5.41, 5.74) is -0.247. The third-order valence-electron chi connectivity index (χ3n) is 2.02. The van der Waals surface area contributed by atoms with Crippen molar-refractivity contribution in [1.29, 1.82) is 0 Å². The van der Waals surface area contributed by atoms with Crippen molar-refractivity contribution in [2.75, 3.05) is 0 Å². The van der Waals surface area contributed by atoms with Gasteiger partial charge in [0.2, 0.25) is 0 Å². The molecule has 2 nitrogen and oxygen atoms in total. The molecule has 0 N–H and O–H groups in total. The molecule has 1 heterocycles. The summed E-state index contributed by atoms with van der Waals surface area (Å²) in [5.74, 6) is 0. The van der Waals surface area contributed by atoms with Crippen molar-refractivity contribution in [1.82, 2.24) is 9.55 Å². The predicted octanol–water partition coefficient (Wildman–Crippen LogP) is 3.65. The summed E-state index contributed by atoms with van der Waals surface area (Å²) in [4.78, 5) is 3.88. The van der Waals surface area contributed by atoms with E-state index < -0.39 is 11.7 Å². The van der Waals surface area contributed by atoms with Gasteiger partial charge in [-0.15, -0.1) is 0 Å². The van der Waals surface area contributed by atoms with Gasteiger partial charge >= 0.3 is 6.18 Å². The summed E-state index contributed by atoms with van der Waals surface area (Å²) in [6.07, 6.45) is -1.29. The van der Waals surface area contributed by atoms with Gasteiger partial charge in [-0.1, -0.05) is 6.07 Å². The average Bonchev–Trinajstić information content (AvgIpc) is 2.64. The molecule has 0 spiro atoms. The lowest BCUT2D eigenvalue weighted by Crippen LogP contribution is -2.05. The van der Waals surface area contributed by atoms with E-state index >= 15 is 0 Å². The average molecular weight is 291 g/mol. The second kappa shape index (κ2) is 3.93. The van der Waals surface area contributed by atoms with Crippen molar-refractivity contribution in [3.05, 3.63) is 47.0 Å². The van der Waals surface area contributed by atoms with Crippen molar-refractivity contribution in [2.45, 2.75) is 6.18 Å². The van der Waals surface area contributed by atoms with Crippen LogP contribution >= 0.6 is 15.9 Å². The van der Waals surface area contributed by atoms with Gasteiger partial charge in [-0.05, 0) is 34.1 Å². The van der Waals surface area contributed by atoms with E-state index in [1.54, 1.807) is 12.3 Å². The van der Waals surface area contributed by atoms with Crippen LogP contribution < -0.4 is 0 Å². The van der Waals surface area contributed by atoms with E-state index in [0.29, 0.717) is 10.3 Å². The number of hydrogen-bond acceptors (Lipinski definition) is 1. The van der Waals surface area contributed by atoms with Crippen molar-refractivity contribution < 1.29 is 13.2 Å². The summed E-state index contributed by atoms with van der Waals surface area (Å²) in [7, 11) is 0. The summed E-state index contributed by atoms with van der Waals surface area (Å²) in [6.45, 7) is 0. The number of alkyl halides is 3. The highest BCUT2D eigenvalue weighted by Crippen LogP contribution is 2.30. The van der Waals surface area contributed by atoms with Crippen LogP contribution in [0.3, 0.4) is 0 Å². The van der Waals surface area contributed by atoms with Crippen LogP contribution in [0, 0.1) is 0 Å². The molecule has 2 rings (SSSR count). The van der Waals surface area contributed by atoms with Crippen LogP contribution in [0.2, 0.25) is 0 Å². The minimum atomic E-state index is -4.33. The monoisotopic (exact) mass is 290 g/mol. The number of aromatic nitrogens is 2. The van der Waals surface area contributed by atoms with Gasteiger partial charge in [-0.2, -0.15) is 13.2 Å².